The lowest BCUT2D eigenvalue weighted by Crippen LogP contribution is -2.13. The SMILES string of the molecule is CC.Cc1c(F)c(N)c(F)c(Br)c1C(F)(F)F. The molecular formula is C10H11BrF5N. The first kappa shape index (κ1) is 16.1. The van der Waals surface area contributed by atoms with Gasteiger partial charge in [0, 0.05) is 5.56 Å². The van der Waals surface area contributed by atoms with Crippen molar-refractivity contribution in [2.24, 2.45) is 0 Å². The average molecular weight is 320 g/mol. The van der Waals surface area contributed by atoms with Gasteiger partial charge in [-0.1, -0.05) is 13.8 Å². The maximum absolute atomic E-state index is 13.1. The van der Waals surface area contributed by atoms with Crippen molar-refractivity contribution in [2.75, 3.05) is 5.73 Å². The molecule has 7 heteroatoms. The molecule has 0 bridgehead atoms. The lowest BCUT2D eigenvalue weighted by molar-refractivity contribution is -0.139. The van der Waals surface area contributed by atoms with Crippen molar-refractivity contribution >= 4 is 21.6 Å². The summed E-state index contributed by atoms with van der Waals surface area (Å²) in [6, 6.07) is 0. The number of benzene rings is 1. The summed E-state index contributed by atoms with van der Waals surface area (Å²) in [5, 5.41) is 0. The first-order chi connectivity index (χ1) is 7.68. The molecule has 0 heterocycles. The van der Waals surface area contributed by atoms with Gasteiger partial charge in [0.2, 0.25) is 0 Å². The van der Waals surface area contributed by atoms with E-state index >= 15 is 0 Å². The van der Waals surface area contributed by atoms with E-state index in [4.69, 9.17) is 5.73 Å². The Labute approximate surface area is 104 Å². The van der Waals surface area contributed by atoms with Gasteiger partial charge in [-0.2, -0.15) is 13.2 Å². The molecule has 0 aliphatic carbocycles. The van der Waals surface area contributed by atoms with Crippen LogP contribution in [0.15, 0.2) is 4.47 Å². The standard InChI is InChI=1S/C8H5BrF5N.C2H6/c1-2-3(8(12,13)14)4(9)6(11)7(15)5(2)10;1-2/h15H2,1H3;1-2H3. The Morgan fingerprint density at radius 3 is 1.82 bits per heavy atom. The topological polar surface area (TPSA) is 26.0 Å². The van der Waals surface area contributed by atoms with Crippen LogP contribution >= 0.6 is 15.9 Å². The Morgan fingerprint density at radius 1 is 1.06 bits per heavy atom. The minimum Gasteiger partial charge on any atom is -0.394 e. The predicted octanol–water partition coefficient (Wildman–Crippen LogP) is 4.66. The summed E-state index contributed by atoms with van der Waals surface area (Å²) in [5.74, 6) is -2.83. The molecule has 1 aromatic rings. The normalized spacial score (nSPS) is 10.9. The lowest BCUT2D eigenvalue weighted by Gasteiger charge is -2.15. The summed E-state index contributed by atoms with van der Waals surface area (Å²) < 4.78 is 62.4. The number of nitrogens with two attached hydrogens (primary N) is 1. The molecule has 0 unspecified atom stereocenters. The highest BCUT2D eigenvalue weighted by Gasteiger charge is 2.38. The number of anilines is 1. The van der Waals surface area contributed by atoms with E-state index in [0.717, 1.165) is 6.92 Å². The summed E-state index contributed by atoms with van der Waals surface area (Å²) in [4.78, 5) is 0. The molecule has 17 heavy (non-hydrogen) atoms. The highest BCUT2D eigenvalue weighted by molar-refractivity contribution is 9.10. The van der Waals surface area contributed by atoms with Crippen molar-refractivity contribution in [3.8, 4) is 0 Å². The maximum Gasteiger partial charge on any atom is 0.417 e. The Kier molecular flexibility index (Phi) is 5.38. The van der Waals surface area contributed by atoms with E-state index in [1.54, 1.807) is 0 Å². The van der Waals surface area contributed by atoms with E-state index in [2.05, 4.69) is 15.9 Å². The van der Waals surface area contributed by atoms with Crippen LogP contribution in [0.25, 0.3) is 0 Å². The largest absolute Gasteiger partial charge is 0.417 e. The van der Waals surface area contributed by atoms with Crippen molar-refractivity contribution in [1.82, 2.24) is 0 Å². The predicted molar refractivity (Wildman–Crippen MR) is 59.6 cm³/mol. The summed E-state index contributed by atoms with van der Waals surface area (Å²) in [7, 11) is 0. The van der Waals surface area contributed by atoms with Gasteiger partial charge in [0.05, 0.1) is 10.0 Å². The van der Waals surface area contributed by atoms with Crippen LogP contribution < -0.4 is 5.73 Å². The van der Waals surface area contributed by atoms with Crippen LogP contribution in [0.5, 0.6) is 0 Å². The van der Waals surface area contributed by atoms with E-state index in [1.165, 1.54) is 0 Å². The van der Waals surface area contributed by atoms with E-state index in [-0.39, 0.29) is 0 Å². The molecule has 0 fully saturated rings. The lowest BCUT2D eigenvalue weighted by atomic mass is 10.1. The van der Waals surface area contributed by atoms with E-state index in [0.29, 0.717) is 0 Å². The van der Waals surface area contributed by atoms with Crippen molar-refractivity contribution in [3.63, 3.8) is 0 Å². The molecule has 1 rings (SSSR count). The molecule has 1 aromatic carbocycles. The molecule has 0 atom stereocenters. The van der Waals surface area contributed by atoms with Crippen molar-refractivity contribution < 1.29 is 22.0 Å². The zero-order chi connectivity index (χ0) is 14.0. The third kappa shape index (κ3) is 3.08. The molecule has 0 radical (unpaired) electrons. The Balaban J connectivity index is 0.00000121. The molecule has 98 valence electrons. The fourth-order valence-corrected chi connectivity index (χ4v) is 1.87. The van der Waals surface area contributed by atoms with Gasteiger partial charge in [-0.25, -0.2) is 8.78 Å². The molecule has 0 amide bonds. The van der Waals surface area contributed by atoms with Crippen molar-refractivity contribution in [2.45, 2.75) is 26.9 Å². The van der Waals surface area contributed by atoms with E-state index < -0.39 is 39.1 Å². The average Bonchev–Trinajstić information content (AvgIpc) is 2.25. The number of halogens is 6. The Morgan fingerprint density at radius 2 is 1.47 bits per heavy atom. The van der Waals surface area contributed by atoms with Gasteiger partial charge in [0.25, 0.3) is 0 Å². The van der Waals surface area contributed by atoms with Crippen LogP contribution in [-0.2, 0) is 6.18 Å². The molecule has 0 aliphatic rings. The summed E-state index contributed by atoms with van der Waals surface area (Å²) >= 11 is 2.41. The summed E-state index contributed by atoms with van der Waals surface area (Å²) in [5.41, 5.74) is 1.91. The molecule has 0 saturated heterocycles. The number of rotatable bonds is 0. The minimum atomic E-state index is -4.84. The quantitative estimate of drug-likeness (QED) is 0.420. The van der Waals surface area contributed by atoms with Crippen LogP contribution in [-0.4, -0.2) is 0 Å². The van der Waals surface area contributed by atoms with Gasteiger partial charge in [0.15, 0.2) is 11.6 Å². The van der Waals surface area contributed by atoms with Crippen LogP contribution in [0.3, 0.4) is 0 Å². The molecule has 2 N–H and O–H groups in total. The number of hydrogen-bond donors (Lipinski definition) is 1. The second kappa shape index (κ2) is 5.66. The van der Waals surface area contributed by atoms with E-state index in [9.17, 15) is 22.0 Å². The highest BCUT2D eigenvalue weighted by Crippen LogP contribution is 2.41. The third-order valence-electron chi connectivity index (χ3n) is 1.87. The van der Waals surface area contributed by atoms with E-state index in [1.807, 2.05) is 13.8 Å². The summed E-state index contributed by atoms with van der Waals surface area (Å²) in [6.07, 6.45) is -4.84. The van der Waals surface area contributed by atoms with Gasteiger partial charge >= 0.3 is 6.18 Å². The number of hydrogen-bond acceptors (Lipinski definition) is 1. The van der Waals surface area contributed by atoms with Gasteiger partial charge in [-0.3, -0.25) is 0 Å². The smallest absolute Gasteiger partial charge is 0.394 e. The molecule has 0 aliphatic heterocycles. The first-order valence-electron chi connectivity index (χ1n) is 4.67. The second-order valence-electron chi connectivity index (χ2n) is 2.85. The Hall–Kier alpha value is -0.850. The van der Waals surface area contributed by atoms with Gasteiger partial charge in [0.1, 0.15) is 5.69 Å². The molecule has 0 spiro atoms. The minimum absolute atomic E-state index is 0.728. The van der Waals surface area contributed by atoms with Crippen LogP contribution in [0.1, 0.15) is 25.0 Å². The van der Waals surface area contributed by atoms with Crippen molar-refractivity contribution in [3.05, 3.63) is 27.2 Å². The van der Waals surface area contributed by atoms with Crippen LogP contribution in [0, 0.1) is 18.6 Å². The van der Waals surface area contributed by atoms with Gasteiger partial charge in [-0.15, -0.1) is 0 Å². The van der Waals surface area contributed by atoms with Crippen LogP contribution in [0.4, 0.5) is 27.6 Å². The second-order valence-corrected chi connectivity index (χ2v) is 3.65. The molecule has 1 nitrogen and oxygen atoms in total. The molecular weight excluding hydrogens is 309 g/mol. The molecule has 0 aromatic heterocycles. The fraction of sp³-hybridized carbons (Fsp3) is 0.400. The Bertz CT molecular complexity index is 385. The van der Waals surface area contributed by atoms with Gasteiger partial charge in [-0.05, 0) is 22.9 Å². The van der Waals surface area contributed by atoms with Gasteiger partial charge < -0.3 is 5.73 Å². The number of alkyl halides is 3. The maximum atomic E-state index is 13.1. The number of nitrogen functional groups attached to an aromatic ring is 1. The summed E-state index contributed by atoms with van der Waals surface area (Å²) in [6.45, 7) is 4.89. The zero-order valence-corrected chi connectivity index (χ0v) is 10.9. The van der Waals surface area contributed by atoms with Crippen LogP contribution in [0.2, 0.25) is 0 Å². The monoisotopic (exact) mass is 319 g/mol. The van der Waals surface area contributed by atoms with Crippen molar-refractivity contribution in [1.29, 1.82) is 0 Å². The highest BCUT2D eigenvalue weighted by atomic mass is 79.9. The fourth-order valence-electron chi connectivity index (χ4n) is 1.14. The molecule has 0 saturated carbocycles. The zero-order valence-electron chi connectivity index (χ0n) is 9.35. The third-order valence-corrected chi connectivity index (χ3v) is 2.62. The first-order valence-corrected chi connectivity index (χ1v) is 5.47.